The van der Waals surface area contributed by atoms with Crippen molar-refractivity contribution in [2.45, 2.75) is 44.4 Å². The van der Waals surface area contributed by atoms with Crippen LogP contribution in [0.2, 0.25) is 0 Å². The number of aliphatic hydroxyl groups excluding tert-OH is 1. The molecule has 2 rings (SSSR count). The number of hydrogen-bond acceptors (Lipinski definition) is 4. The lowest BCUT2D eigenvalue weighted by atomic mass is 9.89. The van der Waals surface area contributed by atoms with Crippen molar-refractivity contribution in [2.75, 3.05) is 26.2 Å². The zero-order valence-corrected chi connectivity index (χ0v) is 13.6. The lowest BCUT2D eigenvalue weighted by Gasteiger charge is -2.49. The van der Waals surface area contributed by atoms with E-state index in [1.807, 2.05) is 30.3 Å². The first-order valence-corrected chi connectivity index (χ1v) is 7.54. The maximum atomic E-state index is 9.85. The van der Waals surface area contributed by atoms with E-state index in [1.165, 1.54) is 0 Å². The van der Waals surface area contributed by atoms with Crippen molar-refractivity contribution < 1.29 is 9.84 Å². The van der Waals surface area contributed by atoms with Crippen LogP contribution in [0.15, 0.2) is 30.3 Å². The van der Waals surface area contributed by atoms with E-state index in [-0.39, 0.29) is 17.8 Å². The summed E-state index contributed by atoms with van der Waals surface area (Å²) >= 11 is 0. The van der Waals surface area contributed by atoms with Gasteiger partial charge in [0.2, 0.25) is 0 Å². The van der Waals surface area contributed by atoms with Gasteiger partial charge in [0, 0.05) is 19.6 Å². The van der Waals surface area contributed by atoms with Crippen molar-refractivity contribution in [3.63, 3.8) is 0 Å². The summed E-state index contributed by atoms with van der Waals surface area (Å²) in [5.74, 6) is 0. The number of morpholine rings is 1. The molecule has 1 saturated heterocycles. The number of rotatable bonds is 4. The average molecular weight is 292 g/mol. The van der Waals surface area contributed by atoms with E-state index < -0.39 is 5.54 Å². The minimum absolute atomic E-state index is 0.0742. The Bertz CT molecular complexity index is 457. The van der Waals surface area contributed by atoms with E-state index in [9.17, 15) is 5.11 Å². The molecule has 0 amide bonds. The molecule has 1 aliphatic heterocycles. The Balaban J connectivity index is 2.18. The first-order chi connectivity index (χ1) is 9.66. The number of aliphatic hydroxyl groups is 1. The van der Waals surface area contributed by atoms with Gasteiger partial charge in [0.25, 0.3) is 0 Å². The van der Waals surface area contributed by atoms with Crippen LogP contribution < -0.4 is 5.73 Å². The highest BCUT2D eigenvalue weighted by Gasteiger charge is 2.40. The number of nitrogens with two attached hydrogens (primary N) is 1. The second kappa shape index (κ2) is 5.69. The van der Waals surface area contributed by atoms with Crippen molar-refractivity contribution in [2.24, 2.45) is 5.73 Å². The summed E-state index contributed by atoms with van der Waals surface area (Å²) in [6, 6.07) is 9.84. The molecule has 1 unspecified atom stereocenters. The maximum absolute atomic E-state index is 9.85. The van der Waals surface area contributed by atoms with Gasteiger partial charge < -0.3 is 15.6 Å². The topological polar surface area (TPSA) is 58.7 Å². The van der Waals surface area contributed by atoms with Crippen molar-refractivity contribution >= 4 is 0 Å². The Hall–Kier alpha value is -0.940. The molecule has 1 aromatic carbocycles. The summed E-state index contributed by atoms with van der Waals surface area (Å²) in [5, 5.41) is 9.85. The second-order valence-corrected chi connectivity index (χ2v) is 7.45. The molecule has 1 aliphatic rings. The molecule has 0 aromatic heterocycles. The standard InChI is InChI=1S/C17H28N2O2/c1-15(2)10-19(11-16(3,4)21-15)12-17(18,13-20)14-8-6-5-7-9-14/h5-9,20H,10-13,18H2,1-4H3. The van der Waals surface area contributed by atoms with Crippen LogP contribution in [-0.2, 0) is 10.3 Å². The molecule has 1 aromatic rings. The van der Waals surface area contributed by atoms with E-state index in [4.69, 9.17) is 10.5 Å². The van der Waals surface area contributed by atoms with Crippen LogP contribution in [0.1, 0.15) is 33.3 Å². The van der Waals surface area contributed by atoms with Gasteiger partial charge in [0.05, 0.1) is 23.3 Å². The monoisotopic (exact) mass is 292 g/mol. The summed E-state index contributed by atoms with van der Waals surface area (Å²) in [6.45, 7) is 10.5. The van der Waals surface area contributed by atoms with Crippen LogP contribution in [0.5, 0.6) is 0 Å². The molecule has 0 spiro atoms. The van der Waals surface area contributed by atoms with Crippen LogP contribution in [0, 0.1) is 0 Å². The lowest BCUT2D eigenvalue weighted by molar-refractivity contribution is -0.183. The second-order valence-electron chi connectivity index (χ2n) is 7.45. The van der Waals surface area contributed by atoms with E-state index in [2.05, 4.69) is 32.6 Å². The first-order valence-electron chi connectivity index (χ1n) is 7.54. The fraction of sp³-hybridized carbons (Fsp3) is 0.647. The molecule has 4 nitrogen and oxygen atoms in total. The Morgan fingerprint density at radius 3 is 2.14 bits per heavy atom. The molecule has 3 N–H and O–H groups in total. The molecule has 0 aliphatic carbocycles. The fourth-order valence-corrected chi connectivity index (χ4v) is 3.46. The maximum Gasteiger partial charge on any atom is 0.0772 e. The van der Waals surface area contributed by atoms with Gasteiger partial charge in [0.15, 0.2) is 0 Å². The third-order valence-electron chi connectivity index (χ3n) is 3.90. The number of ether oxygens (including phenoxy) is 1. The Morgan fingerprint density at radius 1 is 1.14 bits per heavy atom. The normalized spacial score (nSPS) is 24.5. The molecule has 0 saturated carbocycles. The SMILES string of the molecule is CC1(C)CN(CC(N)(CO)c2ccccc2)CC(C)(C)O1. The van der Waals surface area contributed by atoms with E-state index >= 15 is 0 Å². The van der Waals surface area contributed by atoms with Crippen LogP contribution in [0.4, 0.5) is 0 Å². The van der Waals surface area contributed by atoms with E-state index in [0.29, 0.717) is 6.54 Å². The highest BCUT2D eigenvalue weighted by atomic mass is 16.5. The Morgan fingerprint density at radius 2 is 1.67 bits per heavy atom. The van der Waals surface area contributed by atoms with E-state index in [0.717, 1.165) is 18.7 Å². The van der Waals surface area contributed by atoms with Gasteiger partial charge >= 0.3 is 0 Å². The van der Waals surface area contributed by atoms with Crippen molar-refractivity contribution in [1.29, 1.82) is 0 Å². The molecule has 4 heteroatoms. The highest BCUT2D eigenvalue weighted by Crippen LogP contribution is 2.30. The number of nitrogens with zero attached hydrogens (tertiary/aromatic N) is 1. The minimum Gasteiger partial charge on any atom is -0.394 e. The molecule has 1 atom stereocenters. The fourth-order valence-electron chi connectivity index (χ4n) is 3.46. The zero-order chi connectivity index (χ0) is 15.7. The van der Waals surface area contributed by atoms with Gasteiger partial charge in [-0.15, -0.1) is 0 Å². The predicted octanol–water partition coefficient (Wildman–Crippen LogP) is 1.72. The summed E-state index contributed by atoms with van der Waals surface area (Å²) in [6.07, 6.45) is 0. The molecule has 1 fully saturated rings. The minimum atomic E-state index is -0.745. The van der Waals surface area contributed by atoms with Gasteiger partial charge in [-0.05, 0) is 33.3 Å². The predicted molar refractivity (Wildman–Crippen MR) is 85.1 cm³/mol. The first kappa shape index (κ1) is 16.4. The molecule has 0 bridgehead atoms. The summed E-state index contributed by atoms with van der Waals surface area (Å²) in [4.78, 5) is 2.30. The molecular formula is C17H28N2O2. The lowest BCUT2D eigenvalue weighted by Crippen LogP contribution is -2.61. The molecular weight excluding hydrogens is 264 g/mol. The van der Waals surface area contributed by atoms with Gasteiger partial charge in [-0.1, -0.05) is 30.3 Å². The third kappa shape index (κ3) is 4.04. The van der Waals surface area contributed by atoms with Gasteiger partial charge in [-0.3, -0.25) is 4.90 Å². The summed E-state index contributed by atoms with van der Waals surface area (Å²) in [7, 11) is 0. The molecule has 1 heterocycles. The molecule has 0 radical (unpaired) electrons. The zero-order valence-electron chi connectivity index (χ0n) is 13.6. The van der Waals surface area contributed by atoms with Crippen LogP contribution in [0.25, 0.3) is 0 Å². The van der Waals surface area contributed by atoms with Gasteiger partial charge in [-0.2, -0.15) is 0 Å². The van der Waals surface area contributed by atoms with Crippen LogP contribution in [0.3, 0.4) is 0 Å². The van der Waals surface area contributed by atoms with Crippen LogP contribution >= 0.6 is 0 Å². The molecule has 21 heavy (non-hydrogen) atoms. The van der Waals surface area contributed by atoms with Crippen molar-refractivity contribution in [3.8, 4) is 0 Å². The van der Waals surface area contributed by atoms with Gasteiger partial charge in [-0.25, -0.2) is 0 Å². The van der Waals surface area contributed by atoms with Crippen molar-refractivity contribution in [3.05, 3.63) is 35.9 Å². The summed E-state index contributed by atoms with van der Waals surface area (Å²) < 4.78 is 6.10. The smallest absolute Gasteiger partial charge is 0.0772 e. The number of benzene rings is 1. The molecule has 118 valence electrons. The quantitative estimate of drug-likeness (QED) is 0.887. The van der Waals surface area contributed by atoms with Gasteiger partial charge in [0.1, 0.15) is 0 Å². The third-order valence-corrected chi connectivity index (χ3v) is 3.90. The van der Waals surface area contributed by atoms with E-state index in [1.54, 1.807) is 0 Å². The largest absolute Gasteiger partial charge is 0.394 e. The number of hydrogen-bond donors (Lipinski definition) is 2. The summed E-state index contributed by atoms with van der Waals surface area (Å²) in [5.41, 5.74) is 6.29. The Labute approximate surface area is 127 Å². The highest BCUT2D eigenvalue weighted by molar-refractivity contribution is 5.24. The Kier molecular flexibility index (Phi) is 4.45. The van der Waals surface area contributed by atoms with Crippen molar-refractivity contribution in [1.82, 2.24) is 4.90 Å². The average Bonchev–Trinajstić information content (AvgIpc) is 2.35. The van der Waals surface area contributed by atoms with Crippen LogP contribution in [-0.4, -0.2) is 47.4 Å².